The SMILES string of the molecule is CC.CC.CC.COc1ccc(-c2ccc3nc(C(C(=O)NCCSN)S(C)(=O)=O)sc3c2)cn1. The molecular weight excluding hydrogens is 504 g/mol. The van der Waals surface area contributed by atoms with Crippen LogP contribution in [0, 0.1) is 0 Å². The molecule has 0 spiro atoms. The maximum absolute atomic E-state index is 12.5. The molecule has 1 aromatic carbocycles. The molecule has 1 unspecified atom stereocenters. The molecule has 0 fully saturated rings. The van der Waals surface area contributed by atoms with Crippen molar-refractivity contribution < 1.29 is 17.9 Å². The molecule has 0 aliphatic carbocycles. The minimum absolute atomic E-state index is 0.241. The van der Waals surface area contributed by atoms with E-state index < -0.39 is 21.0 Å². The highest BCUT2D eigenvalue weighted by molar-refractivity contribution is 7.97. The van der Waals surface area contributed by atoms with E-state index in [9.17, 15) is 13.2 Å². The van der Waals surface area contributed by atoms with Crippen molar-refractivity contribution in [1.82, 2.24) is 15.3 Å². The number of rotatable bonds is 8. The maximum atomic E-state index is 12.5. The van der Waals surface area contributed by atoms with Crippen LogP contribution in [0.3, 0.4) is 0 Å². The molecule has 0 aliphatic heterocycles. The number of ether oxygens (including phenoxy) is 1. The fraction of sp³-hybridized carbons (Fsp3) is 0.458. The summed E-state index contributed by atoms with van der Waals surface area (Å²) in [7, 11) is -2.15. The van der Waals surface area contributed by atoms with E-state index >= 15 is 0 Å². The number of fused-ring (bicyclic) bond motifs is 1. The van der Waals surface area contributed by atoms with Crippen molar-refractivity contribution in [2.75, 3.05) is 25.7 Å². The van der Waals surface area contributed by atoms with Crippen LogP contribution in [-0.4, -0.2) is 50.0 Å². The first-order valence-corrected chi connectivity index (χ1v) is 15.3. The van der Waals surface area contributed by atoms with Crippen molar-refractivity contribution in [2.24, 2.45) is 5.14 Å². The van der Waals surface area contributed by atoms with Crippen LogP contribution in [0.5, 0.6) is 5.88 Å². The van der Waals surface area contributed by atoms with Crippen LogP contribution < -0.4 is 15.2 Å². The van der Waals surface area contributed by atoms with Crippen molar-refractivity contribution >= 4 is 49.2 Å². The average molecular weight is 543 g/mol. The number of methoxy groups -OCH3 is 1. The molecule has 3 rings (SSSR count). The smallest absolute Gasteiger partial charge is 0.245 e. The number of hydrogen-bond acceptors (Lipinski definition) is 9. The van der Waals surface area contributed by atoms with Crippen LogP contribution in [0.25, 0.3) is 21.3 Å². The summed E-state index contributed by atoms with van der Waals surface area (Å²) in [5.41, 5.74) is 2.43. The van der Waals surface area contributed by atoms with Gasteiger partial charge in [-0.2, -0.15) is 0 Å². The molecule has 1 amide bonds. The number of benzene rings is 1. The Balaban J connectivity index is 0.00000179. The van der Waals surface area contributed by atoms with Crippen molar-refractivity contribution in [1.29, 1.82) is 0 Å². The van der Waals surface area contributed by atoms with Gasteiger partial charge in [0.1, 0.15) is 5.01 Å². The van der Waals surface area contributed by atoms with Crippen molar-refractivity contribution in [3.63, 3.8) is 0 Å². The Morgan fingerprint density at radius 1 is 1.11 bits per heavy atom. The number of hydrogen-bond donors (Lipinski definition) is 2. The zero-order valence-corrected chi connectivity index (χ0v) is 24.2. The van der Waals surface area contributed by atoms with Gasteiger partial charge in [0.15, 0.2) is 15.1 Å². The van der Waals surface area contributed by atoms with Gasteiger partial charge in [-0.05, 0) is 23.8 Å². The molecule has 196 valence electrons. The molecule has 2 aromatic heterocycles. The molecule has 11 heteroatoms. The third-order valence-electron chi connectivity index (χ3n) is 4.09. The molecule has 0 aliphatic rings. The molecule has 0 bridgehead atoms. The molecule has 8 nitrogen and oxygen atoms in total. The van der Waals surface area contributed by atoms with Gasteiger partial charge in [0, 0.05) is 36.4 Å². The summed E-state index contributed by atoms with van der Waals surface area (Å²) < 4.78 is 30.4. The van der Waals surface area contributed by atoms with E-state index in [-0.39, 0.29) is 11.6 Å². The Hall–Kier alpha value is -2.21. The zero-order chi connectivity index (χ0) is 27.0. The first-order chi connectivity index (χ1) is 16.8. The van der Waals surface area contributed by atoms with Gasteiger partial charge in [-0.1, -0.05) is 59.6 Å². The van der Waals surface area contributed by atoms with Gasteiger partial charge < -0.3 is 10.1 Å². The van der Waals surface area contributed by atoms with E-state index in [0.717, 1.165) is 34.0 Å². The van der Waals surface area contributed by atoms with Crippen molar-refractivity contribution in [3.8, 4) is 17.0 Å². The molecule has 0 saturated carbocycles. The molecule has 0 radical (unpaired) electrons. The fourth-order valence-electron chi connectivity index (χ4n) is 2.72. The predicted molar refractivity (Wildman–Crippen MR) is 151 cm³/mol. The highest BCUT2D eigenvalue weighted by Crippen LogP contribution is 2.33. The monoisotopic (exact) mass is 542 g/mol. The van der Waals surface area contributed by atoms with Crippen LogP contribution in [0.1, 0.15) is 51.8 Å². The second-order valence-electron chi connectivity index (χ2n) is 6.20. The van der Waals surface area contributed by atoms with E-state index in [1.54, 1.807) is 25.4 Å². The van der Waals surface area contributed by atoms with Gasteiger partial charge in [-0.3, -0.25) is 9.93 Å². The quantitative estimate of drug-likeness (QED) is 0.292. The predicted octanol–water partition coefficient (Wildman–Crippen LogP) is 5.25. The number of aromatic nitrogens is 2. The Morgan fingerprint density at radius 3 is 2.26 bits per heavy atom. The number of carbonyl (C=O) groups excluding carboxylic acids is 1. The Bertz CT molecular complexity index is 1120. The summed E-state index contributed by atoms with van der Waals surface area (Å²) in [6.07, 6.45) is 2.74. The van der Waals surface area contributed by atoms with Gasteiger partial charge in [0.25, 0.3) is 0 Å². The highest BCUT2D eigenvalue weighted by Gasteiger charge is 2.33. The topological polar surface area (TPSA) is 124 Å². The minimum Gasteiger partial charge on any atom is -0.481 e. The summed E-state index contributed by atoms with van der Waals surface area (Å²) in [6, 6.07) is 9.24. The number of amides is 1. The lowest BCUT2D eigenvalue weighted by Crippen LogP contribution is -2.34. The van der Waals surface area contributed by atoms with E-state index in [4.69, 9.17) is 9.88 Å². The zero-order valence-electron chi connectivity index (χ0n) is 21.8. The number of carbonyl (C=O) groups is 1. The lowest BCUT2D eigenvalue weighted by Gasteiger charge is -2.12. The van der Waals surface area contributed by atoms with Crippen molar-refractivity contribution in [2.45, 2.75) is 46.8 Å². The summed E-state index contributed by atoms with van der Waals surface area (Å²) in [6.45, 7) is 12.3. The van der Waals surface area contributed by atoms with Gasteiger partial charge in [-0.25, -0.2) is 18.4 Å². The average Bonchev–Trinajstić information content (AvgIpc) is 3.29. The standard InChI is InChI=1S/C18H20N4O4S3.3C2H6/c1-26-15-6-4-12(10-21-15)11-3-5-13-14(9-11)28-18(22-13)16(29(2,24)25)17(23)20-7-8-27-19;3*1-2/h3-6,9-10,16H,7-8,19H2,1-2H3,(H,20,23);3*1-2H3. The molecule has 35 heavy (non-hydrogen) atoms. The molecule has 3 N–H and O–H groups in total. The number of thiazole rings is 1. The lowest BCUT2D eigenvalue weighted by molar-refractivity contribution is -0.120. The number of nitrogens with one attached hydrogen (secondary N) is 1. The molecule has 0 saturated heterocycles. The van der Waals surface area contributed by atoms with E-state index in [1.165, 1.54) is 11.3 Å². The normalized spacial score (nSPS) is 11.0. The molecule has 2 heterocycles. The largest absolute Gasteiger partial charge is 0.481 e. The third kappa shape index (κ3) is 9.75. The number of nitrogens with two attached hydrogens (primary N) is 1. The number of pyridine rings is 1. The summed E-state index contributed by atoms with van der Waals surface area (Å²) in [5, 5.41) is 6.84. The van der Waals surface area contributed by atoms with Gasteiger partial charge >= 0.3 is 0 Å². The van der Waals surface area contributed by atoms with E-state index in [2.05, 4.69) is 15.3 Å². The van der Waals surface area contributed by atoms with Gasteiger partial charge in [-0.15, -0.1) is 11.3 Å². The maximum Gasteiger partial charge on any atom is 0.245 e. The van der Waals surface area contributed by atoms with Gasteiger partial charge in [0.05, 0.1) is 17.3 Å². The Morgan fingerprint density at radius 2 is 1.74 bits per heavy atom. The van der Waals surface area contributed by atoms with Crippen LogP contribution in [0.15, 0.2) is 36.5 Å². The summed E-state index contributed by atoms with van der Waals surface area (Å²) in [4.78, 5) is 21.1. The minimum atomic E-state index is -3.70. The summed E-state index contributed by atoms with van der Waals surface area (Å²) >= 11 is 2.26. The van der Waals surface area contributed by atoms with E-state index in [0.29, 0.717) is 17.1 Å². The number of sulfone groups is 1. The third-order valence-corrected chi connectivity index (χ3v) is 7.06. The number of nitrogens with zero attached hydrogens (tertiary/aromatic N) is 2. The summed E-state index contributed by atoms with van der Waals surface area (Å²) in [5.74, 6) is 0.409. The molecule has 3 aromatic rings. The van der Waals surface area contributed by atoms with Crippen LogP contribution in [-0.2, 0) is 14.6 Å². The highest BCUT2D eigenvalue weighted by atomic mass is 32.2. The second-order valence-corrected chi connectivity index (χ2v) is 10.1. The lowest BCUT2D eigenvalue weighted by atomic mass is 10.1. The first-order valence-electron chi connectivity index (χ1n) is 11.5. The molecule has 1 atom stereocenters. The van der Waals surface area contributed by atoms with Crippen LogP contribution in [0.4, 0.5) is 0 Å². The Labute approximate surface area is 218 Å². The Kier molecular flexibility index (Phi) is 16.2. The van der Waals surface area contributed by atoms with Crippen LogP contribution >= 0.6 is 23.3 Å². The van der Waals surface area contributed by atoms with Crippen LogP contribution in [0.2, 0.25) is 0 Å². The second kappa shape index (κ2) is 17.3. The van der Waals surface area contributed by atoms with Gasteiger partial charge in [0.2, 0.25) is 11.8 Å². The van der Waals surface area contributed by atoms with Crippen molar-refractivity contribution in [3.05, 3.63) is 41.5 Å². The molecular formula is C24H38N4O4S3. The fourth-order valence-corrected chi connectivity index (χ4v) is 5.49. The van der Waals surface area contributed by atoms with E-state index in [1.807, 2.05) is 59.7 Å². The first kappa shape index (κ1) is 32.8.